The average Bonchev–Trinajstić information content (AvgIpc) is 2.29. The second-order valence-electron chi connectivity index (χ2n) is 3.15. The van der Waals surface area contributed by atoms with Gasteiger partial charge in [-0.3, -0.25) is 0 Å². The topological polar surface area (TPSA) is 39.2 Å². The number of esters is 1. The van der Waals surface area contributed by atoms with E-state index in [1.165, 1.54) is 7.11 Å². The van der Waals surface area contributed by atoms with E-state index in [1.54, 1.807) is 24.3 Å². The number of aromatic nitrogens is 1. The summed E-state index contributed by atoms with van der Waals surface area (Å²) >= 11 is 11.7. The molecule has 1 heterocycles. The summed E-state index contributed by atoms with van der Waals surface area (Å²) in [6.07, 6.45) is 0. The van der Waals surface area contributed by atoms with Crippen LogP contribution in [0.5, 0.6) is 0 Å². The lowest BCUT2D eigenvalue weighted by Crippen LogP contribution is -2.03. The second kappa shape index (κ2) is 4.28. The first kappa shape index (κ1) is 11.2. The van der Waals surface area contributed by atoms with Gasteiger partial charge in [0.05, 0.1) is 22.7 Å². The predicted octanol–water partition coefficient (Wildman–Crippen LogP) is 3.33. The number of nitrogens with zero attached hydrogens (tertiary/aromatic N) is 1. The average molecular weight is 256 g/mol. The van der Waals surface area contributed by atoms with Crippen molar-refractivity contribution in [1.29, 1.82) is 0 Å². The minimum absolute atomic E-state index is 0.244. The van der Waals surface area contributed by atoms with Crippen LogP contribution in [-0.4, -0.2) is 18.1 Å². The fraction of sp³-hybridized carbons (Fsp3) is 0.0909. The normalized spacial score (nSPS) is 10.4. The Morgan fingerprint density at radius 1 is 1.25 bits per heavy atom. The summed E-state index contributed by atoms with van der Waals surface area (Å²) in [5, 5.41) is 1.69. The Bertz CT molecular complexity index is 569. The van der Waals surface area contributed by atoms with Crippen molar-refractivity contribution >= 4 is 40.1 Å². The predicted molar refractivity (Wildman–Crippen MR) is 63.1 cm³/mol. The minimum Gasteiger partial charge on any atom is -0.464 e. The highest BCUT2D eigenvalue weighted by atomic mass is 35.5. The molecule has 82 valence electrons. The number of hydrogen-bond donors (Lipinski definition) is 0. The first-order valence-electron chi connectivity index (χ1n) is 4.46. The van der Waals surface area contributed by atoms with Gasteiger partial charge in [0.2, 0.25) is 0 Å². The smallest absolute Gasteiger partial charge is 0.356 e. The van der Waals surface area contributed by atoms with E-state index in [-0.39, 0.29) is 5.69 Å². The van der Waals surface area contributed by atoms with Crippen LogP contribution >= 0.6 is 23.2 Å². The molecule has 0 saturated carbocycles. The third-order valence-electron chi connectivity index (χ3n) is 2.13. The summed E-state index contributed by atoms with van der Waals surface area (Å²) < 4.78 is 4.58. The number of carbonyl (C=O) groups excluding carboxylic acids is 1. The van der Waals surface area contributed by atoms with Gasteiger partial charge in [0.25, 0.3) is 0 Å². The molecule has 0 atom stereocenters. The number of hydrogen-bond acceptors (Lipinski definition) is 3. The van der Waals surface area contributed by atoms with Gasteiger partial charge in [0.15, 0.2) is 0 Å². The van der Waals surface area contributed by atoms with Crippen molar-refractivity contribution in [2.75, 3.05) is 7.11 Å². The van der Waals surface area contributed by atoms with Gasteiger partial charge in [0.1, 0.15) is 5.69 Å². The van der Waals surface area contributed by atoms with Gasteiger partial charge in [-0.05, 0) is 18.2 Å². The molecule has 3 nitrogen and oxygen atoms in total. The molecule has 1 aromatic heterocycles. The van der Waals surface area contributed by atoms with Crippen LogP contribution in [-0.2, 0) is 4.74 Å². The van der Waals surface area contributed by atoms with Gasteiger partial charge >= 0.3 is 5.97 Å². The minimum atomic E-state index is -0.479. The molecule has 0 aliphatic heterocycles. The third kappa shape index (κ3) is 1.96. The van der Waals surface area contributed by atoms with Crippen LogP contribution in [0.15, 0.2) is 24.3 Å². The van der Waals surface area contributed by atoms with Crippen LogP contribution in [0, 0.1) is 0 Å². The largest absolute Gasteiger partial charge is 0.464 e. The van der Waals surface area contributed by atoms with Gasteiger partial charge in [-0.15, -0.1) is 0 Å². The van der Waals surface area contributed by atoms with E-state index in [9.17, 15) is 4.79 Å². The van der Waals surface area contributed by atoms with Crippen molar-refractivity contribution in [2.45, 2.75) is 0 Å². The molecule has 0 bridgehead atoms. The fourth-order valence-corrected chi connectivity index (χ4v) is 1.67. The molecule has 2 rings (SSSR count). The standard InChI is InChI=1S/C11H7Cl2NO2/c1-16-11(15)9-3-2-6-4-7(12)8(13)5-10(6)14-9/h2-5H,1H3. The lowest BCUT2D eigenvalue weighted by Gasteiger charge is -2.03. The molecule has 0 aliphatic rings. The number of rotatable bonds is 1. The highest BCUT2D eigenvalue weighted by molar-refractivity contribution is 6.42. The zero-order valence-electron chi connectivity index (χ0n) is 8.33. The van der Waals surface area contributed by atoms with E-state index in [1.807, 2.05) is 0 Å². The van der Waals surface area contributed by atoms with Gasteiger partial charge in [-0.25, -0.2) is 9.78 Å². The Kier molecular flexibility index (Phi) is 2.99. The van der Waals surface area contributed by atoms with Crippen molar-refractivity contribution < 1.29 is 9.53 Å². The molecule has 2 aromatic rings. The highest BCUT2D eigenvalue weighted by Crippen LogP contribution is 2.26. The SMILES string of the molecule is COC(=O)c1ccc2cc(Cl)c(Cl)cc2n1. The Balaban J connectivity index is 2.62. The fourth-order valence-electron chi connectivity index (χ4n) is 1.34. The van der Waals surface area contributed by atoms with Gasteiger partial charge < -0.3 is 4.74 Å². The molecule has 0 radical (unpaired) electrons. The van der Waals surface area contributed by atoms with E-state index in [2.05, 4.69) is 9.72 Å². The maximum absolute atomic E-state index is 11.3. The molecular formula is C11H7Cl2NO2. The number of fused-ring (bicyclic) bond motifs is 1. The number of benzene rings is 1. The summed E-state index contributed by atoms with van der Waals surface area (Å²) in [5.41, 5.74) is 0.852. The Morgan fingerprint density at radius 3 is 2.62 bits per heavy atom. The molecule has 0 N–H and O–H groups in total. The van der Waals surface area contributed by atoms with Crippen LogP contribution in [0.1, 0.15) is 10.5 Å². The lowest BCUT2D eigenvalue weighted by atomic mass is 10.2. The van der Waals surface area contributed by atoms with Crippen LogP contribution in [0.4, 0.5) is 0 Å². The van der Waals surface area contributed by atoms with Crippen LogP contribution in [0.2, 0.25) is 10.0 Å². The van der Waals surface area contributed by atoms with E-state index >= 15 is 0 Å². The summed E-state index contributed by atoms with van der Waals surface area (Å²) in [7, 11) is 1.31. The van der Waals surface area contributed by atoms with Gasteiger partial charge in [-0.2, -0.15) is 0 Å². The summed E-state index contributed by atoms with van der Waals surface area (Å²) in [6.45, 7) is 0. The monoisotopic (exact) mass is 255 g/mol. The molecule has 0 aliphatic carbocycles. The van der Waals surface area contributed by atoms with Crippen LogP contribution in [0.25, 0.3) is 10.9 Å². The molecule has 0 fully saturated rings. The third-order valence-corrected chi connectivity index (χ3v) is 2.85. The van der Waals surface area contributed by atoms with Crippen molar-refractivity contribution in [3.63, 3.8) is 0 Å². The zero-order chi connectivity index (χ0) is 11.7. The molecule has 5 heteroatoms. The molecule has 0 spiro atoms. The molecule has 0 unspecified atom stereocenters. The Hall–Kier alpha value is -1.32. The molecular weight excluding hydrogens is 249 g/mol. The second-order valence-corrected chi connectivity index (χ2v) is 3.96. The molecule has 16 heavy (non-hydrogen) atoms. The number of ether oxygens (including phenoxy) is 1. The van der Waals surface area contributed by atoms with Crippen molar-refractivity contribution in [3.05, 3.63) is 40.0 Å². The molecule has 1 aromatic carbocycles. The number of halogens is 2. The van der Waals surface area contributed by atoms with E-state index in [4.69, 9.17) is 23.2 Å². The number of pyridine rings is 1. The van der Waals surface area contributed by atoms with Gasteiger partial charge in [0, 0.05) is 5.39 Å². The highest BCUT2D eigenvalue weighted by Gasteiger charge is 2.09. The molecule has 0 amide bonds. The quantitative estimate of drug-likeness (QED) is 0.734. The van der Waals surface area contributed by atoms with Gasteiger partial charge in [-0.1, -0.05) is 29.3 Å². The van der Waals surface area contributed by atoms with Crippen LogP contribution in [0.3, 0.4) is 0 Å². The Labute approximate surface area is 102 Å². The maximum Gasteiger partial charge on any atom is 0.356 e. The zero-order valence-corrected chi connectivity index (χ0v) is 9.84. The summed E-state index contributed by atoms with van der Waals surface area (Å²) in [5.74, 6) is -0.479. The maximum atomic E-state index is 11.3. The number of carbonyl (C=O) groups is 1. The van der Waals surface area contributed by atoms with E-state index in [0.717, 1.165) is 5.39 Å². The molecule has 0 saturated heterocycles. The van der Waals surface area contributed by atoms with Crippen molar-refractivity contribution in [2.24, 2.45) is 0 Å². The van der Waals surface area contributed by atoms with E-state index < -0.39 is 5.97 Å². The van der Waals surface area contributed by atoms with Crippen molar-refractivity contribution in [3.8, 4) is 0 Å². The summed E-state index contributed by atoms with van der Waals surface area (Å²) in [4.78, 5) is 15.4. The van der Waals surface area contributed by atoms with E-state index in [0.29, 0.717) is 15.6 Å². The summed E-state index contributed by atoms with van der Waals surface area (Å²) in [6, 6.07) is 6.65. The Morgan fingerprint density at radius 2 is 1.94 bits per heavy atom. The van der Waals surface area contributed by atoms with Crippen molar-refractivity contribution in [1.82, 2.24) is 4.98 Å². The lowest BCUT2D eigenvalue weighted by molar-refractivity contribution is 0.0594. The van der Waals surface area contributed by atoms with Crippen LogP contribution < -0.4 is 0 Å². The number of methoxy groups -OCH3 is 1. The first-order chi connectivity index (χ1) is 7.61. The first-order valence-corrected chi connectivity index (χ1v) is 5.21.